The Labute approximate surface area is 147 Å². The van der Waals surface area contributed by atoms with Crippen molar-refractivity contribution in [3.8, 4) is 0 Å². The van der Waals surface area contributed by atoms with Crippen LogP contribution in [0.2, 0.25) is 0 Å². The molecule has 4 rings (SSSR count). The molecule has 0 heterocycles. The largest absolute Gasteiger partial charge is 0.398 e. The lowest BCUT2D eigenvalue weighted by Gasteiger charge is -2.17. The second kappa shape index (κ2) is 5.71. The first kappa shape index (κ1) is 15.3. The molecule has 0 unspecified atom stereocenters. The zero-order chi connectivity index (χ0) is 17.6. The summed E-state index contributed by atoms with van der Waals surface area (Å²) in [5, 5.41) is 8.14. The van der Waals surface area contributed by atoms with Crippen LogP contribution in [0.1, 0.15) is 11.1 Å². The van der Waals surface area contributed by atoms with Gasteiger partial charge >= 0.3 is 0 Å². The molecule has 0 saturated heterocycles. The Balaban J connectivity index is 1.95. The van der Waals surface area contributed by atoms with E-state index >= 15 is 0 Å². The van der Waals surface area contributed by atoms with E-state index in [0.717, 1.165) is 44.6 Å². The normalized spacial score (nSPS) is 11.1. The van der Waals surface area contributed by atoms with Crippen molar-refractivity contribution in [3.63, 3.8) is 0 Å². The Hall–Kier alpha value is -3.20. The average molecular weight is 327 g/mol. The van der Waals surface area contributed by atoms with Crippen molar-refractivity contribution in [3.05, 3.63) is 71.8 Å². The number of hydrogen-bond donors (Lipinski definition) is 3. The van der Waals surface area contributed by atoms with Gasteiger partial charge in [0.1, 0.15) is 0 Å². The molecule has 0 aliphatic heterocycles. The smallest absolute Gasteiger partial charge is 0.0465 e. The summed E-state index contributed by atoms with van der Waals surface area (Å²) in [6, 6.07) is 20.7. The van der Waals surface area contributed by atoms with Crippen LogP contribution >= 0.6 is 0 Å². The molecule has 0 aliphatic rings. The number of hydrogen-bond acceptors (Lipinski definition) is 3. The minimum absolute atomic E-state index is 0.785. The fraction of sp³-hybridized carbons (Fsp3) is 0.0909. The van der Waals surface area contributed by atoms with Crippen LogP contribution in [0.3, 0.4) is 0 Å². The van der Waals surface area contributed by atoms with E-state index in [1.54, 1.807) is 0 Å². The van der Waals surface area contributed by atoms with Gasteiger partial charge in [-0.15, -0.1) is 0 Å². The summed E-state index contributed by atoms with van der Waals surface area (Å²) < 4.78 is 0. The van der Waals surface area contributed by atoms with E-state index in [1.165, 1.54) is 10.8 Å². The highest BCUT2D eigenvalue weighted by Gasteiger charge is 2.10. The molecule has 0 aliphatic carbocycles. The number of nitrogen functional groups attached to an aromatic ring is 2. The van der Waals surface area contributed by atoms with Crippen LogP contribution in [0.4, 0.5) is 22.7 Å². The van der Waals surface area contributed by atoms with Gasteiger partial charge in [-0.25, -0.2) is 0 Å². The van der Waals surface area contributed by atoms with Crippen molar-refractivity contribution in [2.45, 2.75) is 13.8 Å². The Morgan fingerprint density at radius 3 is 2.08 bits per heavy atom. The Morgan fingerprint density at radius 2 is 1.36 bits per heavy atom. The molecule has 0 radical (unpaired) electrons. The molecule has 0 atom stereocenters. The number of anilines is 4. The molecule has 0 bridgehead atoms. The highest BCUT2D eigenvalue weighted by molar-refractivity contribution is 6.09. The molecule has 0 amide bonds. The minimum Gasteiger partial charge on any atom is -0.398 e. The maximum atomic E-state index is 6.25. The summed E-state index contributed by atoms with van der Waals surface area (Å²) in [5.74, 6) is 0. The highest BCUT2D eigenvalue weighted by Crippen LogP contribution is 2.36. The Bertz CT molecular complexity index is 1110. The zero-order valence-corrected chi connectivity index (χ0v) is 14.4. The fourth-order valence-corrected chi connectivity index (χ4v) is 3.35. The fourth-order valence-electron chi connectivity index (χ4n) is 3.35. The van der Waals surface area contributed by atoms with Gasteiger partial charge in [-0.1, -0.05) is 30.3 Å². The van der Waals surface area contributed by atoms with Gasteiger partial charge in [-0.3, -0.25) is 0 Å². The van der Waals surface area contributed by atoms with Gasteiger partial charge in [-0.05, 0) is 66.1 Å². The number of aryl methyl sites for hydroxylation is 1. The molecule has 0 saturated carbocycles. The van der Waals surface area contributed by atoms with E-state index in [0.29, 0.717) is 0 Å². The first-order valence-electron chi connectivity index (χ1n) is 8.38. The first-order valence-corrected chi connectivity index (χ1v) is 8.38. The molecule has 124 valence electrons. The summed E-state index contributed by atoms with van der Waals surface area (Å²) >= 11 is 0. The molecule has 4 aromatic carbocycles. The maximum Gasteiger partial charge on any atom is 0.0465 e. The van der Waals surface area contributed by atoms with Crippen LogP contribution in [0.25, 0.3) is 21.5 Å². The van der Waals surface area contributed by atoms with Crippen LogP contribution in [0, 0.1) is 13.8 Å². The molecule has 4 aromatic rings. The van der Waals surface area contributed by atoms with Crippen molar-refractivity contribution in [1.29, 1.82) is 0 Å². The van der Waals surface area contributed by atoms with Crippen LogP contribution in [-0.2, 0) is 0 Å². The van der Waals surface area contributed by atoms with E-state index in [9.17, 15) is 0 Å². The Morgan fingerprint density at radius 1 is 0.720 bits per heavy atom. The van der Waals surface area contributed by atoms with E-state index < -0.39 is 0 Å². The first-order chi connectivity index (χ1) is 12.0. The van der Waals surface area contributed by atoms with E-state index in [4.69, 9.17) is 11.5 Å². The molecule has 0 fully saturated rings. The third-order valence-corrected chi connectivity index (χ3v) is 4.89. The van der Waals surface area contributed by atoms with Crippen LogP contribution < -0.4 is 16.8 Å². The molecule has 3 heteroatoms. The summed E-state index contributed by atoms with van der Waals surface area (Å²) in [4.78, 5) is 0. The topological polar surface area (TPSA) is 64.1 Å². The molecule has 25 heavy (non-hydrogen) atoms. The quantitative estimate of drug-likeness (QED) is 0.335. The lowest BCUT2D eigenvalue weighted by Crippen LogP contribution is -2.01. The maximum absolute atomic E-state index is 6.25. The molecule has 0 aromatic heterocycles. The number of fused-ring (bicyclic) bond motifs is 2. The van der Waals surface area contributed by atoms with Crippen molar-refractivity contribution in [2.24, 2.45) is 0 Å². The second-order valence-corrected chi connectivity index (χ2v) is 6.54. The monoisotopic (exact) mass is 327 g/mol. The predicted octanol–water partition coefficient (Wildman–Crippen LogP) is 5.52. The predicted molar refractivity (Wildman–Crippen MR) is 109 cm³/mol. The number of nitrogens with two attached hydrogens (primary N) is 2. The van der Waals surface area contributed by atoms with Gasteiger partial charge in [0.05, 0.1) is 0 Å². The summed E-state index contributed by atoms with van der Waals surface area (Å²) in [5.41, 5.74) is 18.2. The second-order valence-electron chi connectivity index (χ2n) is 6.54. The summed E-state index contributed by atoms with van der Waals surface area (Å²) in [7, 11) is 0. The Kier molecular flexibility index (Phi) is 3.50. The third kappa shape index (κ3) is 2.54. The zero-order valence-electron chi connectivity index (χ0n) is 14.4. The van der Waals surface area contributed by atoms with Gasteiger partial charge in [0.15, 0.2) is 0 Å². The lowest BCUT2D eigenvalue weighted by atomic mass is 10.00. The summed E-state index contributed by atoms with van der Waals surface area (Å²) in [6.07, 6.45) is 0. The number of nitrogens with one attached hydrogen (secondary N) is 1. The standard InChI is InChI=1S/C22H21N3/c1-13-7-8-19(23)14(2)22(13)25-21-10-9-20(24)17-11-15-5-3-4-6-16(15)12-18(17)21/h3-12,25H,23-24H2,1-2H3. The lowest BCUT2D eigenvalue weighted by molar-refractivity contribution is 1.37. The van der Waals surface area contributed by atoms with Crippen LogP contribution in [-0.4, -0.2) is 0 Å². The van der Waals surface area contributed by atoms with Crippen molar-refractivity contribution in [2.75, 3.05) is 16.8 Å². The van der Waals surface area contributed by atoms with Crippen LogP contribution in [0.5, 0.6) is 0 Å². The van der Waals surface area contributed by atoms with Crippen molar-refractivity contribution < 1.29 is 0 Å². The molecule has 5 N–H and O–H groups in total. The SMILES string of the molecule is Cc1ccc(N)c(C)c1Nc1ccc(N)c2cc3ccccc3cc12. The van der Waals surface area contributed by atoms with Crippen LogP contribution in [0.15, 0.2) is 60.7 Å². The van der Waals surface area contributed by atoms with Gasteiger partial charge in [0.25, 0.3) is 0 Å². The molecule has 0 spiro atoms. The van der Waals surface area contributed by atoms with Crippen molar-refractivity contribution >= 4 is 44.3 Å². The van der Waals surface area contributed by atoms with Gasteiger partial charge in [0.2, 0.25) is 0 Å². The van der Waals surface area contributed by atoms with Crippen molar-refractivity contribution in [1.82, 2.24) is 0 Å². The van der Waals surface area contributed by atoms with E-state index in [1.807, 2.05) is 37.3 Å². The highest BCUT2D eigenvalue weighted by atomic mass is 14.9. The third-order valence-electron chi connectivity index (χ3n) is 4.89. The summed E-state index contributed by atoms with van der Waals surface area (Å²) in [6.45, 7) is 4.13. The van der Waals surface area contributed by atoms with E-state index in [2.05, 4.69) is 42.6 Å². The van der Waals surface area contributed by atoms with Gasteiger partial charge in [-0.2, -0.15) is 0 Å². The molecule has 3 nitrogen and oxygen atoms in total. The molecular formula is C22H21N3. The van der Waals surface area contributed by atoms with Gasteiger partial charge < -0.3 is 16.8 Å². The number of rotatable bonds is 2. The van der Waals surface area contributed by atoms with E-state index in [-0.39, 0.29) is 0 Å². The minimum atomic E-state index is 0.785. The number of benzene rings is 4. The van der Waals surface area contributed by atoms with Gasteiger partial charge in [0, 0.05) is 33.5 Å². The average Bonchev–Trinajstić information content (AvgIpc) is 2.62. The molecular weight excluding hydrogens is 306 g/mol.